The Bertz CT molecular complexity index is 688. The number of nitrogens with zero attached hydrogens (tertiary/aromatic N) is 3. The Morgan fingerprint density at radius 3 is 2.96 bits per heavy atom. The van der Waals surface area contributed by atoms with Crippen LogP contribution in [0.1, 0.15) is 47.8 Å². The Balaban J connectivity index is 1.29. The first-order chi connectivity index (χ1) is 11.3. The Hall–Kier alpha value is -2.17. The molecule has 1 saturated heterocycles. The summed E-state index contributed by atoms with van der Waals surface area (Å²) in [4.78, 5) is 18.7. The number of pyridine rings is 1. The van der Waals surface area contributed by atoms with Gasteiger partial charge in [0.15, 0.2) is 0 Å². The molecule has 1 fully saturated rings. The number of amides is 1. The first-order valence-electron chi connectivity index (χ1n) is 8.55. The van der Waals surface area contributed by atoms with Crippen molar-refractivity contribution in [2.75, 3.05) is 13.1 Å². The van der Waals surface area contributed by atoms with Gasteiger partial charge in [-0.1, -0.05) is 6.07 Å². The summed E-state index contributed by atoms with van der Waals surface area (Å²) < 4.78 is 0. The third-order valence-corrected chi connectivity index (χ3v) is 5.06. The molecule has 2 aromatic rings. The summed E-state index contributed by atoms with van der Waals surface area (Å²) in [5.41, 5.74) is 4.87. The fourth-order valence-electron chi connectivity index (χ4n) is 3.63. The van der Waals surface area contributed by atoms with Gasteiger partial charge in [0.25, 0.3) is 0 Å². The monoisotopic (exact) mass is 310 g/mol. The molecule has 0 atom stereocenters. The molecular formula is C18H22N4O. The minimum absolute atomic E-state index is 0.241. The van der Waals surface area contributed by atoms with Gasteiger partial charge < -0.3 is 4.90 Å². The quantitative estimate of drug-likeness (QED) is 0.942. The second-order valence-electron chi connectivity index (χ2n) is 6.58. The van der Waals surface area contributed by atoms with Crippen molar-refractivity contribution < 1.29 is 4.79 Å². The molecule has 3 heterocycles. The van der Waals surface area contributed by atoms with Crippen LogP contribution in [0.15, 0.2) is 24.4 Å². The Morgan fingerprint density at radius 2 is 2.13 bits per heavy atom. The summed E-state index contributed by atoms with van der Waals surface area (Å²) >= 11 is 0. The van der Waals surface area contributed by atoms with Crippen molar-refractivity contribution in [2.45, 2.75) is 44.4 Å². The van der Waals surface area contributed by atoms with Crippen molar-refractivity contribution in [3.63, 3.8) is 0 Å². The highest BCUT2D eigenvalue weighted by molar-refractivity contribution is 5.77. The molecule has 2 aliphatic rings. The maximum absolute atomic E-state index is 12.3. The van der Waals surface area contributed by atoms with Crippen LogP contribution in [0.3, 0.4) is 0 Å². The van der Waals surface area contributed by atoms with E-state index in [2.05, 4.69) is 15.2 Å². The predicted octanol–water partition coefficient (Wildman–Crippen LogP) is 2.24. The van der Waals surface area contributed by atoms with E-state index < -0.39 is 0 Å². The van der Waals surface area contributed by atoms with Crippen molar-refractivity contribution in [3.05, 3.63) is 47.0 Å². The molecule has 5 nitrogen and oxygen atoms in total. The third kappa shape index (κ3) is 2.87. The summed E-state index contributed by atoms with van der Waals surface area (Å²) in [7, 11) is 0. The number of carbonyl (C=O) groups excluding carboxylic acids is 1. The summed E-state index contributed by atoms with van der Waals surface area (Å²) in [6.45, 7) is 1.60. The average Bonchev–Trinajstić information content (AvgIpc) is 2.96. The molecule has 1 amide bonds. The minimum Gasteiger partial charge on any atom is -0.341 e. The summed E-state index contributed by atoms with van der Waals surface area (Å²) in [5.74, 6) is 0.642. The van der Waals surface area contributed by atoms with E-state index in [-0.39, 0.29) is 5.91 Å². The Labute approximate surface area is 136 Å². The highest BCUT2D eigenvalue weighted by Crippen LogP contribution is 2.27. The average molecular weight is 310 g/mol. The Kier molecular flexibility index (Phi) is 3.85. The number of aromatic nitrogens is 3. The number of fused-ring (bicyclic) bond motifs is 1. The van der Waals surface area contributed by atoms with Crippen LogP contribution in [0, 0.1) is 0 Å². The van der Waals surface area contributed by atoms with Crippen LogP contribution in [0.2, 0.25) is 0 Å². The lowest BCUT2D eigenvalue weighted by Gasteiger charge is -2.39. The molecule has 120 valence electrons. The molecule has 1 aliphatic heterocycles. The number of aromatic amines is 1. The maximum Gasteiger partial charge on any atom is 0.223 e. The second-order valence-corrected chi connectivity index (χ2v) is 6.58. The number of nitrogens with one attached hydrogen (secondary N) is 1. The van der Waals surface area contributed by atoms with Gasteiger partial charge in [-0.25, -0.2) is 0 Å². The first kappa shape index (κ1) is 14.4. The Morgan fingerprint density at radius 1 is 1.26 bits per heavy atom. The van der Waals surface area contributed by atoms with Crippen molar-refractivity contribution in [3.8, 4) is 0 Å². The molecule has 4 rings (SSSR count). The highest BCUT2D eigenvalue weighted by Gasteiger charge is 2.32. The van der Waals surface area contributed by atoms with E-state index in [1.165, 1.54) is 24.1 Å². The van der Waals surface area contributed by atoms with Gasteiger partial charge >= 0.3 is 0 Å². The van der Waals surface area contributed by atoms with Crippen LogP contribution in [0.4, 0.5) is 0 Å². The molecule has 0 aromatic carbocycles. The van der Waals surface area contributed by atoms with Crippen molar-refractivity contribution in [2.24, 2.45) is 0 Å². The van der Waals surface area contributed by atoms with Gasteiger partial charge in [-0.05, 0) is 43.4 Å². The molecule has 0 unspecified atom stereocenters. The van der Waals surface area contributed by atoms with Gasteiger partial charge in [-0.15, -0.1) is 0 Å². The lowest BCUT2D eigenvalue weighted by atomic mass is 9.93. The molecule has 0 radical (unpaired) electrons. The van der Waals surface area contributed by atoms with Crippen LogP contribution < -0.4 is 0 Å². The molecule has 0 bridgehead atoms. The number of carbonyl (C=O) groups is 1. The number of rotatable bonds is 4. The first-order valence-corrected chi connectivity index (χ1v) is 8.55. The number of hydrogen-bond acceptors (Lipinski definition) is 3. The highest BCUT2D eigenvalue weighted by atomic mass is 16.2. The van der Waals surface area contributed by atoms with Gasteiger partial charge in [-0.2, -0.15) is 5.10 Å². The van der Waals surface area contributed by atoms with Crippen LogP contribution in [-0.4, -0.2) is 39.1 Å². The van der Waals surface area contributed by atoms with Crippen LogP contribution in [0.5, 0.6) is 0 Å². The molecule has 0 saturated carbocycles. The topological polar surface area (TPSA) is 61.9 Å². The number of hydrogen-bond donors (Lipinski definition) is 1. The number of likely N-dealkylation sites (tertiary alicyclic amines) is 1. The molecule has 1 N–H and O–H groups in total. The van der Waals surface area contributed by atoms with E-state index in [0.29, 0.717) is 12.3 Å². The largest absolute Gasteiger partial charge is 0.341 e. The van der Waals surface area contributed by atoms with E-state index in [0.717, 1.165) is 43.7 Å². The van der Waals surface area contributed by atoms with E-state index in [1.54, 1.807) is 0 Å². The van der Waals surface area contributed by atoms with Gasteiger partial charge in [-0.3, -0.25) is 14.9 Å². The van der Waals surface area contributed by atoms with Crippen LogP contribution >= 0.6 is 0 Å². The lowest BCUT2D eigenvalue weighted by Crippen LogP contribution is -2.48. The summed E-state index contributed by atoms with van der Waals surface area (Å²) in [6, 6.07) is 5.98. The van der Waals surface area contributed by atoms with E-state index in [1.807, 2.05) is 29.3 Å². The molecule has 5 heteroatoms. The molecule has 1 aliphatic carbocycles. The van der Waals surface area contributed by atoms with Gasteiger partial charge in [0.05, 0.1) is 5.69 Å². The van der Waals surface area contributed by atoms with E-state index in [9.17, 15) is 4.79 Å². The normalized spacial score (nSPS) is 17.7. The van der Waals surface area contributed by atoms with Gasteiger partial charge in [0, 0.05) is 49.4 Å². The van der Waals surface area contributed by atoms with E-state index in [4.69, 9.17) is 0 Å². The van der Waals surface area contributed by atoms with Crippen LogP contribution in [0.25, 0.3) is 0 Å². The maximum atomic E-state index is 12.3. The number of H-pyrrole nitrogens is 1. The summed E-state index contributed by atoms with van der Waals surface area (Å²) in [6.07, 6.45) is 7.85. The zero-order chi connectivity index (χ0) is 15.6. The van der Waals surface area contributed by atoms with Crippen molar-refractivity contribution in [1.82, 2.24) is 20.1 Å². The third-order valence-electron chi connectivity index (χ3n) is 5.06. The van der Waals surface area contributed by atoms with Crippen LogP contribution in [-0.2, 0) is 24.1 Å². The predicted molar refractivity (Wildman–Crippen MR) is 87.1 cm³/mol. The fraction of sp³-hybridized carbons (Fsp3) is 0.500. The standard InChI is InChI=1S/C18H22N4O/c23-18(22-11-13(12-22)15-6-3-4-10-19-15)9-8-17-14-5-1-2-7-16(14)20-21-17/h3-4,6,10,13H,1-2,5,7-9,11-12H2,(H,20,21). The number of aryl methyl sites for hydroxylation is 2. The van der Waals surface area contributed by atoms with Gasteiger partial charge in [0.2, 0.25) is 5.91 Å². The minimum atomic E-state index is 0.241. The van der Waals surface area contributed by atoms with E-state index >= 15 is 0 Å². The van der Waals surface area contributed by atoms with Crippen molar-refractivity contribution >= 4 is 5.91 Å². The molecule has 2 aromatic heterocycles. The molecular weight excluding hydrogens is 288 g/mol. The second kappa shape index (κ2) is 6.14. The molecule has 0 spiro atoms. The zero-order valence-electron chi connectivity index (χ0n) is 13.3. The zero-order valence-corrected chi connectivity index (χ0v) is 13.3. The van der Waals surface area contributed by atoms with Gasteiger partial charge in [0.1, 0.15) is 0 Å². The summed E-state index contributed by atoms with van der Waals surface area (Å²) in [5, 5.41) is 7.58. The smallest absolute Gasteiger partial charge is 0.223 e. The lowest BCUT2D eigenvalue weighted by molar-refractivity contribution is -0.135. The fourth-order valence-corrected chi connectivity index (χ4v) is 3.63. The SMILES string of the molecule is O=C(CCc1n[nH]c2c1CCCC2)N1CC(c2ccccn2)C1. The molecule has 23 heavy (non-hydrogen) atoms. The van der Waals surface area contributed by atoms with Crippen molar-refractivity contribution in [1.29, 1.82) is 0 Å².